The largest absolute Gasteiger partial charge is 0.481 e. The minimum Gasteiger partial charge on any atom is -0.481 e. The molecule has 1 rings (SSSR count). The predicted octanol–water partition coefficient (Wildman–Crippen LogP) is 2.27. The second-order valence-corrected chi connectivity index (χ2v) is 4.97. The van der Waals surface area contributed by atoms with Crippen LogP contribution in [-0.2, 0) is 24.7 Å². The van der Waals surface area contributed by atoms with Gasteiger partial charge in [-0.15, -0.1) is 0 Å². The van der Waals surface area contributed by atoms with Gasteiger partial charge in [-0.25, -0.2) is 0 Å². The van der Waals surface area contributed by atoms with Crippen LogP contribution >= 0.6 is 0 Å². The molecule has 96 valence electrons. The molecule has 1 heterocycles. The fourth-order valence-electron chi connectivity index (χ4n) is 2.03. The van der Waals surface area contributed by atoms with Crippen LogP contribution in [0.1, 0.15) is 38.6 Å². The first-order valence-corrected chi connectivity index (χ1v) is 6.18. The number of carboxylic acids is 1. The quantitative estimate of drug-likeness (QED) is 0.827. The highest BCUT2D eigenvalue weighted by molar-refractivity contribution is 5.70. The molecule has 1 atom stereocenters. The number of aryl methyl sites for hydroxylation is 2. The number of aliphatic carboxylic acids is 1. The van der Waals surface area contributed by atoms with Crippen molar-refractivity contribution >= 4 is 5.97 Å². The van der Waals surface area contributed by atoms with Crippen LogP contribution in [0.2, 0.25) is 0 Å². The van der Waals surface area contributed by atoms with Crippen LogP contribution in [0.3, 0.4) is 0 Å². The van der Waals surface area contributed by atoms with Gasteiger partial charge < -0.3 is 5.11 Å². The third-order valence-electron chi connectivity index (χ3n) is 2.95. The van der Waals surface area contributed by atoms with Crippen LogP contribution in [0.5, 0.6) is 0 Å². The first-order valence-electron chi connectivity index (χ1n) is 6.18. The van der Waals surface area contributed by atoms with Crippen molar-refractivity contribution in [1.82, 2.24) is 9.78 Å². The average molecular weight is 238 g/mol. The van der Waals surface area contributed by atoms with E-state index >= 15 is 0 Å². The average Bonchev–Trinajstić information content (AvgIpc) is 2.58. The smallest absolute Gasteiger partial charge is 0.306 e. The van der Waals surface area contributed by atoms with Crippen molar-refractivity contribution in [3.63, 3.8) is 0 Å². The van der Waals surface area contributed by atoms with E-state index in [0.717, 1.165) is 17.8 Å². The highest BCUT2D eigenvalue weighted by Crippen LogP contribution is 2.18. The van der Waals surface area contributed by atoms with E-state index in [-0.39, 0.29) is 5.92 Å². The summed E-state index contributed by atoms with van der Waals surface area (Å²) in [5.41, 5.74) is 2.03. The molecule has 0 fully saturated rings. The topological polar surface area (TPSA) is 55.1 Å². The molecule has 0 saturated carbocycles. The van der Waals surface area contributed by atoms with Crippen molar-refractivity contribution in [2.75, 3.05) is 0 Å². The number of rotatable bonds is 6. The van der Waals surface area contributed by atoms with E-state index in [1.54, 1.807) is 4.68 Å². The summed E-state index contributed by atoms with van der Waals surface area (Å²) in [4.78, 5) is 11.2. The fourth-order valence-corrected chi connectivity index (χ4v) is 2.03. The van der Waals surface area contributed by atoms with E-state index in [1.807, 2.05) is 13.1 Å². The van der Waals surface area contributed by atoms with Gasteiger partial charge in [0.2, 0.25) is 0 Å². The second kappa shape index (κ2) is 5.84. The maximum absolute atomic E-state index is 11.2. The summed E-state index contributed by atoms with van der Waals surface area (Å²) in [6.07, 6.45) is 2.16. The zero-order valence-electron chi connectivity index (χ0n) is 11.1. The highest BCUT2D eigenvalue weighted by Gasteiger charge is 2.21. The molecule has 0 aromatic carbocycles. The number of carboxylic acid groups (broad SMARTS) is 1. The third-order valence-corrected chi connectivity index (χ3v) is 2.95. The third kappa shape index (κ3) is 3.88. The van der Waals surface area contributed by atoms with Crippen LogP contribution < -0.4 is 0 Å². The fraction of sp³-hybridized carbons (Fsp3) is 0.692. The van der Waals surface area contributed by atoms with Crippen LogP contribution in [-0.4, -0.2) is 20.9 Å². The van der Waals surface area contributed by atoms with Crippen LogP contribution in [0.15, 0.2) is 6.07 Å². The van der Waals surface area contributed by atoms with E-state index in [1.165, 1.54) is 0 Å². The van der Waals surface area contributed by atoms with Gasteiger partial charge in [-0.1, -0.05) is 20.8 Å². The maximum Gasteiger partial charge on any atom is 0.306 e. The Hall–Kier alpha value is -1.32. The summed E-state index contributed by atoms with van der Waals surface area (Å²) in [5.74, 6) is -0.622. The Bertz CT molecular complexity index is 383. The first kappa shape index (κ1) is 13.7. The molecule has 1 unspecified atom stereocenters. The van der Waals surface area contributed by atoms with Gasteiger partial charge in [-0.05, 0) is 24.8 Å². The predicted molar refractivity (Wildman–Crippen MR) is 66.9 cm³/mol. The molecule has 0 radical (unpaired) electrons. The highest BCUT2D eigenvalue weighted by atomic mass is 16.4. The minimum atomic E-state index is -0.710. The molecule has 0 saturated heterocycles. The molecule has 4 nitrogen and oxygen atoms in total. The molecule has 1 aromatic rings. The van der Waals surface area contributed by atoms with Gasteiger partial charge in [0.15, 0.2) is 0 Å². The summed E-state index contributed by atoms with van der Waals surface area (Å²) in [7, 11) is 1.88. The minimum absolute atomic E-state index is 0.310. The summed E-state index contributed by atoms with van der Waals surface area (Å²) >= 11 is 0. The van der Waals surface area contributed by atoms with Gasteiger partial charge in [-0.3, -0.25) is 9.48 Å². The molecular formula is C13H22N2O2. The van der Waals surface area contributed by atoms with E-state index in [2.05, 4.69) is 25.9 Å². The van der Waals surface area contributed by atoms with Gasteiger partial charge in [0, 0.05) is 19.2 Å². The standard InChI is InChI=1S/C13H22N2O2/c1-5-11-8-12(15(4)14-11)7-10(13(16)17)6-9(2)3/h8-10H,5-7H2,1-4H3,(H,16,17). The Labute approximate surface area is 103 Å². The first-order chi connectivity index (χ1) is 7.93. The van der Waals surface area contributed by atoms with Gasteiger partial charge in [0.25, 0.3) is 0 Å². The van der Waals surface area contributed by atoms with Crippen molar-refractivity contribution in [3.8, 4) is 0 Å². The van der Waals surface area contributed by atoms with Crippen LogP contribution in [0.4, 0.5) is 0 Å². The second-order valence-electron chi connectivity index (χ2n) is 4.97. The molecule has 0 spiro atoms. The summed E-state index contributed by atoms with van der Waals surface area (Å²) < 4.78 is 1.80. The Balaban J connectivity index is 2.78. The SMILES string of the molecule is CCc1cc(CC(CC(C)C)C(=O)O)n(C)n1. The lowest BCUT2D eigenvalue weighted by Crippen LogP contribution is -2.20. The molecule has 17 heavy (non-hydrogen) atoms. The molecular weight excluding hydrogens is 216 g/mol. The van der Waals surface area contributed by atoms with Crippen molar-refractivity contribution in [2.45, 2.75) is 40.0 Å². The maximum atomic E-state index is 11.2. The Morgan fingerprint density at radius 3 is 2.59 bits per heavy atom. The molecule has 0 amide bonds. The Morgan fingerprint density at radius 1 is 1.53 bits per heavy atom. The summed E-state index contributed by atoms with van der Waals surface area (Å²) in [6.45, 7) is 6.15. The molecule has 4 heteroatoms. The lowest BCUT2D eigenvalue weighted by Gasteiger charge is -2.14. The van der Waals surface area contributed by atoms with Crippen molar-refractivity contribution in [1.29, 1.82) is 0 Å². The normalized spacial score (nSPS) is 13.0. The van der Waals surface area contributed by atoms with Crippen LogP contribution in [0, 0.1) is 11.8 Å². The van der Waals surface area contributed by atoms with Crippen molar-refractivity contribution in [3.05, 3.63) is 17.5 Å². The number of hydrogen-bond acceptors (Lipinski definition) is 2. The number of hydrogen-bond donors (Lipinski definition) is 1. The van der Waals surface area contributed by atoms with Crippen molar-refractivity contribution in [2.24, 2.45) is 18.9 Å². The summed E-state index contributed by atoms with van der Waals surface area (Å²) in [6, 6.07) is 2.01. The van der Waals surface area contributed by atoms with E-state index in [0.29, 0.717) is 18.8 Å². The van der Waals surface area contributed by atoms with Gasteiger partial charge in [-0.2, -0.15) is 5.10 Å². The molecule has 0 aliphatic heterocycles. The van der Waals surface area contributed by atoms with E-state index in [4.69, 9.17) is 0 Å². The molecule has 0 bridgehead atoms. The van der Waals surface area contributed by atoms with Crippen LogP contribution in [0.25, 0.3) is 0 Å². The van der Waals surface area contributed by atoms with Gasteiger partial charge in [0.1, 0.15) is 0 Å². The van der Waals surface area contributed by atoms with E-state index < -0.39 is 5.97 Å². The lowest BCUT2D eigenvalue weighted by molar-refractivity contribution is -0.142. The molecule has 1 N–H and O–H groups in total. The number of carbonyl (C=O) groups is 1. The monoisotopic (exact) mass is 238 g/mol. The summed E-state index contributed by atoms with van der Waals surface area (Å²) in [5, 5.41) is 13.6. The zero-order chi connectivity index (χ0) is 13.0. The lowest BCUT2D eigenvalue weighted by atomic mass is 9.93. The molecule has 0 aliphatic carbocycles. The van der Waals surface area contributed by atoms with Gasteiger partial charge in [0.05, 0.1) is 11.6 Å². The van der Waals surface area contributed by atoms with Crippen molar-refractivity contribution < 1.29 is 9.90 Å². The number of aromatic nitrogens is 2. The number of nitrogens with zero attached hydrogens (tertiary/aromatic N) is 2. The molecule has 0 aliphatic rings. The Morgan fingerprint density at radius 2 is 2.18 bits per heavy atom. The zero-order valence-corrected chi connectivity index (χ0v) is 11.1. The van der Waals surface area contributed by atoms with Gasteiger partial charge >= 0.3 is 5.97 Å². The molecule has 1 aromatic heterocycles. The Kier molecular flexibility index (Phi) is 4.73. The van der Waals surface area contributed by atoms with E-state index in [9.17, 15) is 9.90 Å².